The number of hydrogen-bond donors (Lipinski definition) is 0. The third kappa shape index (κ3) is 4.07. The van der Waals surface area contributed by atoms with E-state index in [-0.39, 0.29) is 12.5 Å². The fraction of sp³-hybridized carbons (Fsp3) is 0.176. The Balaban J connectivity index is 1.98. The van der Waals surface area contributed by atoms with Gasteiger partial charge < -0.3 is 9.64 Å². The summed E-state index contributed by atoms with van der Waals surface area (Å²) in [7, 11) is 1.66. The molecule has 0 aliphatic carbocycles. The predicted octanol–water partition coefficient (Wildman–Crippen LogP) is 3.42. The summed E-state index contributed by atoms with van der Waals surface area (Å²) in [6.07, 6.45) is 0. The highest BCUT2D eigenvalue weighted by Gasteiger charge is 2.16. The molecule has 114 valence electrons. The van der Waals surface area contributed by atoms with Gasteiger partial charge in [-0.25, -0.2) is 4.79 Å². The second kappa shape index (κ2) is 7.40. The van der Waals surface area contributed by atoms with E-state index in [0.717, 1.165) is 14.8 Å². The smallest absolute Gasteiger partial charge is 0.339 e. The van der Waals surface area contributed by atoms with Crippen molar-refractivity contribution >= 4 is 40.2 Å². The van der Waals surface area contributed by atoms with Crippen molar-refractivity contribution in [3.8, 4) is 0 Å². The largest absolute Gasteiger partial charge is 0.452 e. The molecule has 0 fully saturated rings. The zero-order valence-corrected chi connectivity index (χ0v) is 14.5. The fourth-order valence-corrected chi connectivity index (χ4v) is 2.52. The third-order valence-corrected chi connectivity index (χ3v) is 4.12. The Kier molecular flexibility index (Phi) is 5.54. The molecule has 2 aromatic rings. The van der Waals surface area contributed by atoms with E-state index >= 15 is 0 Å². The maximum Gasteiger partial charge on any atom is 0.339 e. The highest BCUT2D eigenvalue weighted by atomic mass is 127. The van der Waals surface area contributed by atoms with Crippen LogP contribution in [0.2, 0.25) is 0 Å². The zero-order chi connectivity index (χ0) is 16.1. The molecule has 0 aliphatic rings. The molecule has 0 atom stereocenters. The number of aryl methyl sites for hydroxylation is 1. The van der Waals surface area contributed by atoms with Crippen molar-refractivity contribution in [1.82, 2.24) is 0 Å². The molecule has 0 saturated carbocycles. The number of carbonyl (C=O) groups excluding carboxylic acids is 2. The Morgan fingerprint density at radius 1 is 1.14 bits per heavy atom. The maximum absolute atomic E-state index is 12.1. The highest BCUT2D eigenvalue weighted by molar-refractivity contribution is 14.1. The standard InChI is InChI=1S/C17H16INO3/c1-12-6-5-7-13(10-12)19(2)16(20)11-22-17(21)14-8-3-4-9-15(14)18/h3-10H,11H2,1-2H3. The van der Waals surface area contributed by atoms with Crippen LogP contribution in [0.3, 0.4) is 0 Å². The molecule has 0 N–H and O–H groups in total. The lowest BCUT2D eigenvalue weighted by molar-refractivity contribution is -0.121. The lowest BCUT2D eigenvalue weighted by atomic mass is 10.2. The van der Waals surface area contributed by atoms with Gasteiger partial charge in [0.25, 0.3) is 5.91 Å². The summed E-state index contributed by atoms with van der Waals surface area (Å²) >= 11 is 2.06. The van der Waals surface area contributed by atoms with Crippen molar-refractivity contribution in [2.45, 2.75) is 6.92 Å². The van der Waals surface area contributed by atoms with Gasteiger partial charge in [-0.05, 0) is 59.3 Å². The topological polar surface area (TPSA) is 46.6 Å². The van der Waals surface area contributed by atoms with Crippen molar-refractivity contribution in [2.24, 2.45) is 0 Å². The Hall–Kier alpha value is -1.89. The van der Waals surface area contributed by atoms with Crippen LogP contribution in [0.1, 0.15) is 15.9 Å². The van der Waals surface area contributed by atoms with Gasteiger partial charge in [-0.2, -0.15) is 0 Å². The van der Waals surface area contributed by atoms with Crippen LogP contribution in [0.5, 0.6) is 0 Å². The van der Waals surface area contributed by atoms with Crippen LogP contribution in [-0.2, 0) is 9.53 Å². The number of rotatable bonds is 4. The third-order valence-electron chi connectivity index (χ3n) is 3.18. The molecule has 4 nitrogen and oxygen atoms in total. The minimum Gasteiger partial charge on any atom is -0.452 e. The quantitative estimate of drug-likeness (QED) is 0.575. The van der Waals surface area contributed by atoms with Crippen molar-refractivity contribution in [2.75, 3.05) is 18.6 Å². The van der Waals surface area contributed by atoms with Gasteiger partial charge in [-0.3, -0.25) is 4.79 Å². The van der Waals surface area contributed by atoms with Gasteiger partial charge in [0.1, 0.15) is 0 Å². The summed E-state index contributed by atoms with van der Waals surface area (Å²) < 4.78 is 5.90. The van der Waals surface area contributed by atoms with Crippen LogP contribution < -0.4 is 4.90 Å². The van der Waals surface area contributed by atoms with E-state index in [1.165, 1.54) is 4.90 Å². The molecule has 0 spiro atoms. The van der Waals surface area contributed by atoms with E-state index in [0.29, 0.717) is 5.56 Å². The molecule has 22 heavy (non-hydrogen) atoms. The number of ether oxygens (including phenoxy) is 1. The van der Waals surface area contributed by atoms with Gasteiger partial charge in [0, 0.05) is 16.3 Å². The SMILES string of the molecule is Cc1cccc(N(C)C(=O)COC(=O)c2ccccc2I)c1. The summed E-state index contributed by atoms with van der Waals surface area (Å²) in [4.78, 5) is 25.6. The number of anilines is 1. The van der Waals surface area contributed by atoms with Crippen LogP contribution in [0.25, 0.3) is 0 Å². The molecule has 0 heterocycles. The molecular formula is C17H16INO3. The number of nitrogens with zero attached hydrogens (tertiary/aromatic N) is 1. The first-order chi connectivity index (χ1) is 10.5. The average Bonchev–Trinajstić information content (AvgIpc) is 2.52. The number of carbonyl (C=O) groups is 2. The van der Waals surface area contributed by atoms with Crippen LogP contribution in [0, 0.1) is 10.5 Å². The number of esters is 1. The van der Waals surface area contributed by atoms with Crippen molar-refractivity contribution in [3.63, 3.8) is 0 Å². The minimum absolute atomic E-state index is 0.273. The summed E-state index contributed by atoms with van der Waals surface area (Å²) in [6.45, 7) is 1.67. The predicted molar refractivity (Wildman–Crippen MR) is 94.0 cm³/mol. The lowest BCUT2D eigenvalue weighted by Gasteiger charge is -2.17. The first-order valence-corrected chi connectivity index (χ1v) is 7.82. The molecule has 0 unspecified atom stereocenters. The van der Waals surface area contributed by atoms with Crippen molar-refractivity contribution in [1.29, 1.82) is 0 Å². The number of amides is 1. The molecule has 0 saturated heterocycles. The van der Waals surface area contributed by atoms with Crippen molar-refractivity contribution in [3.05, 3.63) is 63.2 Å². The number of benzene rings is 2. The first-order valence-electron chi connectivity index (χ1n) is 6.74. The van der Waals surface area contributed by atoms with E-state index in [9.17, 15) is 9.59 Å². The zero-order valence-electron chi connectivity index (χ0n) is 12.4. The van der Waals surface area contributed by atoms with Crippen LogP contribution >= 0.6 is 22.6 Å². The Labute approximate surface area is 143 Å². The van der Waals surface area contributed by atoms with E-state index in [1.54, 1.807) is 19.2 Å². The van der Waals surface area contributed by atoms with Gasteiger partial charge >= 0.3 is 5.97 Å². The Bertz CT molecular complexity index is 700. The number of likely N-dealkylation sites (N-methyl/N-ethyl adjacent to an activating group) is 1. The number of hydrogen-bond acceptors (Lipinski definition) is 3. The van der Waals surface area contributed by atoms with Crippen LogP contribution in [0.4, 0.5) is 5.69 Å². The first kappa shape index (κ1) is 16.5. The molecule has 1 amide bonds. The molecule has 0 aliphatic heterocycles. The fourth-order valence-electron chi connectivity index (χ4n) is 1.91. The van der Waals surface area contributed by atoms with E-state index in [1.807, 2.05) is 43.3 Å². The van der Waals surface area contributed by atoms with E-state index in [2.05, 4.69) is 22.6 Å². The second-order valence-electron chi connectivity index (χ2n) is 4.85. The van der Waals surface area contributed by atoms with E-state index < -0.39 is 5.97 Å². The number of halogens is 1. The van der Waals surface area contributed by atoms with Crippen molar-refractivity contribution < 1.29 is 14.3 Å². The average molecular weight is 409 g/mol. The summed E-state index contributed by atoms with van der Waals surface area (Å²) in [6, 6.07) is 14.7. The summed E-state index contributed by atoms with van der Waals surface area (Å²) in [5, 5.41) is 0. The second-order valence-corrected chi connectivity index (χ2v) is 6.01. The molecule has 0 bridgehead atoms. The molecule has 5 heteroatoms. The van der Waals surface area contributed by atoms with Gasteiger partial charge in [-0.1, -0.05) is 24.3 Å². The Morgan fingerprint density at radius 3 is 2.55 bits per heavy atom. The highest BCUT2D eigenvalue weighted by Crippen LogP contribution is 2.15. The summed E-state index contributed by atoms with van der Waals surface area (Å²) in [5.74, 6) is -0.763. The molecular weight excluding hydrogens is 393 g/mol. The minimum atomic E-state index is -0.490. The van der Waals surface area contributed by atoms with Gasteiger partial charge in [0.15, 0.2) is 6.61 Å². The van der Waals surface area contributed by atoms with E-state index in [4.69, 9.17) is 4.74 Å². The lowest BCUT2D eigenvalue weighted by Crippen LogP contribution is -2.31. The van der Waals surface area contributed by atoms with Crippen LogP contribution in [-0.4, -0.2) is 25.5 Å². The summed E-state index contributed by atoms with van der Waals surface area (Å²) in [5.41, 5.74) is 2.30. The van der Waals surface area contributed by atoms with Gasteiger partial charge in [-0.15, -0.1) is 0 Å². The van der Waals surface area contributed by atoms with Crippen LogP contribution in [0.15, 0.2) is 48.5 Å². The Morgan fingerprint density at radius 2 is 1.86 bits per heavy atom. The molecule has 0 aromatic heterocycles. The normalized spacial score (nSPS) is 10.1. The molecule has 2 rings (SSSR count). The monoisotopic (exact) mass is 409 g/mol. The molecule has 0 radical (unpaired) electrons. The maximum atomic E-state index is 12.1. The van der Waals surface area contributed by atoms with Gasteiger partial charge in [0.05, 0.1) is 5.56 Å². The van der Waals surface area contributed by atoms with Gasteiger partial charge in [0.2, 0.25) is 0 Å². The molecule has 2 aromatic carbocycles.